The first-order chi connectivity index (χ1) is 7.40. The molecule has 0 bridgehead atoms. The van der Waals surface area contributed by atoms with E-state index in [4.69, 9.17) is 0 Å². The molecule has 0 heterocycles. The molecule has 2 nitrogen and oxygen atoms in total. The molecule has 0 aromatic rings. The van der Waals surface area contributed by atoms with Crippen molar-refractivity contribution in [2.24, 2.45) is 11.8 Å². The molecule has 0 atom stereocenters. The normalized spacial score (nSPS) is 16.9. The third kappa shape index (κ3) is 3.44. The summed E-state index contributed by atoms with van der Waals surface area (Å²) in [6, 6.07) is 0. The lowest BCUT2D eigenvalue weighted by Crippen LogP contribution is -2.19. The zero-order chi connectivity index (χ0) is 12.3. The Labute approximate surface area is 97.4 Å². The van der Waals surface area contributed by atoms with E-state index in [1.54, 1.807) is 0 Å². The fraction of sp³-hybridized carbons (Fsp3) is 0.571. The van der Waals surface area contributed by atoms with E-state index in [0.29, 0.717) is 23.8 Å². The van der Waals surface area contributed by atoms with Crippen LogP contribution in [0, 0.1) is 11.8 Å². The molecule has 0 saturated heterocycles. The van der Waals surface area contributed by atoms with Gasteiger partial charge in [0, 0.05) is 5.57 Å². The predicted molar refractivity (Wildman–Crippen MR) is 65.1 cm³/mol. The van der Waals surface area contributed by atoms with Crippen LogP contribution in [0.4, 0.5) is 0 Å². The van der Waals surface area contributed by atoms with E-state index in [1.807, 2.05) is 6.08 Å². The topological polar surface area (TPSA) is 34.1 Å². The van der Waals surface area contributed by atoms with Gasteiger partial charge in [-0.2, -0.15) is 0 Å². The van der Waals surface area contributed by atoms with E-state index in [1.165, 1.54) is 6.08 Å². The first-order valence-corrected chi connectivity index (χ1v) is 5.90. The molecule has 0 spiro atoms. The molecular weight excluding hydrogens is 200 g/mol. The van der Waals surface area contributed by atoms with Crippen molar-refractivity contribution in [2.75, 3.05) is 0 Å². The maximum absolute atomic E-state index is 11.6. The number of allylic oxidation sites excluding steroid dienone is 4. The van der Waals surface area contributed by atoms with E-state index in [-0.39, 0.29) is 11.6 Å². The van der Waals surface area contributed by atoms with Gasteiger partial charge in [0.2, 0.25) is 11.6 Å². The molecule has 0 saturated carbocycles. The van der Waals surface area contributed by atoms with Crippen molar-refractivity contribution in [3.63, 3.8) is 0 Å². The van der Waals surface area contributed by atoms with Gasteiger partial charge in [0.05, 0.1) is 0 Å². The molecule has 0 N–H and O–H groups in total. The van der Waals surface area contributed by atoms with Gasteiger partial charge in [0.1, 0.15) is 0 Å². The zero-order valence-electron chi connectivity index (χ0n) is 10.5. The number of carbonyl (C=O) groups excluding carboxylic acids is 2. The highest BCUT2D eigenvalue weighted by Crippen LogP contribution is 2.22. The average molecular weight is 220 g/mol. The molecule has 1 rings (SSSR count). The maximum Gasteiger partial charge on any atom is 0.228 e. The fourth-order valence-electron chi connectivity index (χ4n) is 1.90. The summed E-state index contributed by atoms with van der Waals surface area (Å²) in [5.41, 5.74) is 1.67. The predicted octanol–water partition coefficient (Wildman–Crippen LogP) is 3.08. The smallest absolute Gasteiger partial charge is 0.228 e. The molecule has 1 aliphatic rings. The van der Waals surface area contributed by atoms with Crippen LogP contribution in [0.5, 0.6) is 0 Å². The van der Waals surface area contributed by atoms with Crippen LogP contribution in [0.3, 0.4) is 0 Å². The molecule has 0 aromatic heterocycles. The van der Waals surface area contributed by atoms with Gasteiger partial charge in [0.25, 0.3) is 0 Å². The minimum absolute atomic E-state index is 0.318. The van der Waals surface area contributed by atoms with Crippen LogP contribution >= 0.6 is 0 Å². The minimum Gasteiger partial charge on any atom is -0.286 e. The lowest BCUT2D eigenvalue weighted by Gasteiger charge is -2.15. The van der Waals surface area contributed by atoms with Crippen molar-refractivity contribution in [2.45, 2.75) is 40.5 Å². The van der Waals surface area contributed by atoms with Crippen LogP contribution in [0.25, 0.3) is 0 Å². The van der Waals surface area contributed by atoms with Crippen molar-refractivity contribution in [1.82, 2.24) is 0 Å². The second-order valence-corrected chi connectivity index (χ2v) is 5.28. The number of hydrogen-bond acceptors (Lipinski definition) is 2. The standard InChI is InChI=1S/C14H20O2/c1-9(2)5-11-7-12(6-10(3)4)14(16)13(15)8-11/h7-10H,5-6H2,1-4H3. The van der Waals surface area contributed by atoms with Gasteiger partial charge in [-0.15, -0.1) is 0 Å². The van der Waals surface area contributed by atoms with Crippen molar-refractivity contribution >= 4 is 11.6 Å². The molecule has 2 heteroatoms. The lowest BCUT2D eigenvalue weighted by atomic mass is 9.88. The first-order valence-electron chi connectivity index (χ1n) is 5.90. The van der Waals surface area contributed by atoms with Gasteiger partial charge in [0.15, 0.2) is 0 Å². The van der Waals surface area contributed by atoms with Gasteiger partial charge in [-0.25, -0.2) is 0 Å². The van der Waals surface area contributed by atoms with Gasteiger partial charge < -0.3 is 0 Å². The second-order valence-electron chi connectivity index (χ2n) is 5.28. The Hall–Kier alpha value is -1.18. The Bertz CT molecular complexity index is 357. The Kier molecular flexibility index (Phi) is 4.22. The fourth-order valence-corrected chi connectivity index (χ4v) is 1.90. The number of ketones is 2. The van der Waals surface area contributed by atoms with E-state index in [0.717, 1.165) is 12.0 Å². The Morgan fingerprint density at radius 1 is 0.938 bits per heavy atom. The number of carbonyl (C=O) groups is 2. The highest BCUT2D eigenvalue weighted by Gasteiger charge is 2.22. The third-order valence-corrected chi connectivity index (χ3v) is 2.46. The summed E-state index contributed by atoms with van der Waals surface area (Å²) in [6.45, 7) is 8.33. The molecule has 16 heavy (non-hydrogen) atoms. The van der Waals surface area contributed by atoms with Crippen molar-refractivity contribution in [1.29, 1.82) is 0 Å². The summed E-state index contributed by atoms with van der Waals surface area (Å²) >= 11 is 0. The van der Waals surface area contributed by atoms with Crippen LogP contribution in [0.15, 0.2) is 23.3 Å². The first kappa shape index (κ1) is 12.9. The molecule has 1 aliphatic carbocycles. The van der Waals surface area contributed by atoms with Gasteiger partial charge in [-0.1, -0.05) is 33.8 Å². The van der Waals surface area contributed by atoms with Gasteiger partial charge >= 0.3 is 0 Å². The monoisotopic (exact) mass is 220 g/mol. The summed E-state index contributed by atoms with van der Waals surface area (Å²) in [5.74, 6) is 0.236. The highest BCUT2D eigenvalue weighted by molar-refractivity contribution is 6.48. The summed E-state index contributed by atoms with van der Waals surface area (Å²) in [4.78, 5) is 23.1. The second kappa shape index (κ2) is 5.24. The maximum atomic E-state index is 11.6. The Morgan fingerprint density at radius 2 is 1.50 bits per heavy atom. The average Bonchev–Trinajstić information content (AvgIpc) is 2.11. The van der Waals surface area contributed by atoms with Crippen LogP contribution in [0.2, 0.25) is 0 Å². The van der Waals surface area contributed by atoms with Crippen molar-refractivity contribution in [3.8, 4) is 0 Å². The molecule has 0 fully saturated rings. The van der Waals surface area contributed by atoms with Gasteiger partial charge in [-0.05, 0) is 36.3 Å². The molecule has 0 aliphatic heterocycles. The SMILES string of the molecule is CC(C)CC1=CC(=O)C(=O)C(CC(C)C)=C1. The molecule has 0 amide bonds. The van der Waals surface area contributed by atoms with Crippen LogP contribution < -0.4 is 0 Å². The largest absolute Gasteiger partial charge is 0.286 e. The Morgan fingerprint density at radius 3 is 2.00 bits per heavy atom. The van der Waals surface area contributed by atoms with E-state index >= 15 is 0 Å². The molecule has 88 valence electrons. The molecule has 0 unspecified atom stereocenters. The Balaban J connectivity index is 2.88. The van der Waals surface area contributed by atoms with Crippen molar-refractivity contribution in [3.05, 3.63) is 23.3 Å². The lowest BCUT2D eigenvalue weighted by molar-refractivity contribution is -0.131. The number of hydrogen-bond donors (Lipinski definition) is 0. The quantitative estimate of drug-likeness (QED) is 0.539. The summed E-state index contributed by atoms with van der Waals surface area (Å²) < 4.78 is 0. The highest BCUT2D eigenvalue weighted by atomic mass is 16.2. The number of rotatable bonds is 4. The van der Waals surface area contributed by atoms with Crippen LogP contribution in [-0.2, 0) is 9.59 Å². The zero-order valence-corrected chi connectivity index (χ0v) is 10.5. The minimum atomic E-state index is -0.353. The van der Waals surface area contributed by atoms with Crippen LogP contribution in [0.1, 0.15) is 40.5 Å². The van der Waals surface area contributed by atoms with E-state index in [2.05, 4.69) is 27.7 Å². The molecular formula is C14H20O2. The summed E-state index contributed by atoms with van der Waals surface area (Å²) in [6.07, 6.45) is 4.95. The summed E-state index contributed by atoms with van der Waals surface area (Å²) in [5, 5.41) is 0. The van der Waals surface area contributed by atoms with Crippen LogP contribution in [-0.4, -0.2) is 11.6 Å². The van der Waals surface area contributed by atoms with E-state index < -0.39 is 0 Å². The van der Waals surface area contributed by atoms with Crippen molar-refractivity contribution < 1.29 is 9.59 Å². The van der Waals surface area contributed by atoms with E-state index in [9.17, 15) is 9.59 Å². The van der Waals surface area contributed by atoms with Gasteiger partial charge in [-0.3, -0.25) is 9.59 Å². The third-order valence-electron chi connectivity index (χ3n) is 2.46. The molecule has 0 radical (unpaired) electrons. The summed E-state index contributed by atoms with van der Waals surface area (Å²) in [7, 11) is 0. The number of Topliss-reactive ketones (excluding diaryl/α,β-unsaturated/α-hetero) is 1. The molecule has 0 aromatic carbocycles.